The molecule has 7 rings (SSSR count). The highest BCUT2D eigenvalue weighted by Crippen LogP contribution is 2.46. The molecular formula is C31H33FN6O5S2. The van der Waals surface area contributed by atoms with E-state index in [1.54, 1.807) is 23.1 Å². The van der Waals surface area contributed by atoms with Crippen molar-refractivity contribution >= 4 is 47.5 Å². The fourth-order valence-electron chi connectivity index (χ4n) is 6.98. The van der Waals surface area contributed by atoms with Crippen LogP contribution >= 0.6 is 0 Å². The molecule has 11 nitrogen and oxygen atoms in total. The van der Waals surface area contributed by atoms with E-state index >= 15 is 4.39 Å². The number of benzene rings is 1. The molecule has 0 radical (unpaired) electrons. The van der Waals surface area contributed by atoms with E-state index in [0.29, 0.717) is 54.6 Å². The first-order valence-electron chi connectivity index (χ1n) is 14.8. The lowest BCUT2D eigenvalue weighted by molar-refractivity contribution is 0.0542. The number of sulfonamides is 1. The SMILES string of the molecule is Cc1cnn(C)c1-c1cnc2c3c(N4CCCS4(=O)=O)ccc(S(C)(=O)=O)c3n(C(c3ncccc3F)C3CCOCC3)c2c1. The van der Waals surface area contributed by atoms with Crippen LogP contribution in [0.25, 0.3) is 33.2 Å². The van der Waals surface area contributed by atoms with Gasteiger partial charge in [-0.15, -0.1) is 0 Å². The summed E-state index contributed by atoms with van der Waals surface area (Å²) in [5, 5.41) is 4.78. The van der Waals surface area contributed by atoms with E-state index in [2.05, 4.69) is 10.1 Å². The molecule has 1 atom stereocenters. The number of rotatable bonds is 6. The lowest BCUT2D eigenvalue weighted by atomic mass is 9.88. The molecule has 0 aliphatic carbocycles. The van der Waals surface area contributed by atoms with Crippen LogP contribution in [0.3, 0.4) is 0 Å². The van der Waals surface area contributed by atoms with Crippen LogP contribution in [-0.4, -0.2) is 72.9 Å². The monoisotopic (exact) mass is 652 g/mol. The molecule has 14 heteroatoms. The Balaban J connectivity index is 1.68. The quantitative estimate of drug-likeness (QED) is 0.264. The molecule has 5 aromatic rings. The molecule has 45 heavy (non-hydrogen) atoms. The number of hydrogen-bond donors (Lipinski definition) is 0. The third-order valence-corrected chi connectivity index (χ3v) is 11.9. The van der Waals surface area contributed by atoms with Crippen molar-refractivity contribution in [3.05, 3.63) is 66.0 Å². The summed E-state index contributed by atoms with van der Waals surface area (Å²) in [4.78, 5) is 9.41. The zero-order chi connectivity index (χ0) is 31.7. The van der Waals surface area contributed by atoms with Crippen LogP contribution in [0.1, 0.15) is 36.6 Å². The highest BCUT2D eigenvalue weighted by molar-refractivity contribution is 7.93. The van der Waals surface area contributed by atoms with Gasteiger partial charge in [0.05, 0.1) is 61.9 Å². The highest BCUT2D eigenvalue weighted by atomic mass is 32.2. The standard InChI is InChI=1S/C31H33FN6O5S2/c1-19-17-35-36(2)29(19)21-16-24-28(34-18-21)26-23(37-12-5-15-45(37,41)42)7-8-25(44(3,39)40)31(26)38(24)30(20-9-13-43-14-10-20)27-22(32)6-4-11-33-27/h4,6-8,11,16-18,20,30H,5,9-10,12-15H2,1-3H3. The van der Waals surface area contributed by atoms with Crippen LogP contribution in [0, 0.1) is 18.7 Å². The van der Waals surface area contributed by atoms with E-state index in [4.69, 9.17) is 9.72 Å². The molecular weight excluding hydrogens is 620 g/mol. The van der Waals surface area contributed by atoms with Crippen molar-refractivity contribution in [1.82, 2.24) is 24.3 Å². The second-order valence-electron chi connectivity index (χ2n) is 11.8. The summed E-state index contributed by atoms with van der Waals surface area (Å²) in [6.07, 6.45) is 7.71. The van der Waals surface area contributed by atoms with Crippen molar-refractivity contribution in [3.63, 3.8) is 0 Å². The maximum absolute atomic E-state index is 15.8. The third kappa shape index (κ3) is 4.90. The Labute approximate surface area is 260 Å². The van der Waals surface area contributed by atoms with Crippen molar-refractivity contribution in [2.45, 2.75) is 37.1 Å². The summed E-state index contributed by atoms with van der Waals surface area (Å²) in [5.41, 5.74) is 4.22. The Kier molecular flexibility index (Phi) is 7.21. The van der Waals surface area contributed by atoms with Gasteiger partial charge in [0.2, 0.25) is 10.0 Å². The Hall–Kier alpha value is -3.88. The van der Waals surface area contributed by atoms with Gasteiger partial charge in [0.25, 0.3) is 0 Å². The molecule has 6 heterocycles. The van der Waals surface area contributed by atoms with E-state index < -0.39 is 31.7 Å². The van der Waals surface area contributed by atoms with Gasteiger partial charge in [-0.3, -0.25) is 19.0 Å². The van der Waals surface area contributed by atoms with Crippen molar-refractivity contribution in [3.8, 4) is 11.3 Å². The largest absolute Gasteiger partial charge is 0.381 e. The molecule has 0 bridgehead atoms. The van der Waals surface area contributed by atoms with Gasteiger partial charge in [-0.2, -0.15) is 5.10 Å². The lowest BCUT2D eigenvalue weighted by Gasteiger charge is -2.33. The predicted octanol–water partition coefficient (Wildman–Crippen LogP) is 4.39. The van der Waals surface area contributed by atoms with Crippen molar-refractivity contribution in [1.29, 1.82) is 0 Å². The van der Waals surface area contributed by atoms with Crippen molar-refractivity contribution in [2.75, 3.05) is 36.1 Å². The summed E-state index contributed by atoms with van der Waals surface area (Å²) >= 11 is 0. The minimum Gasteiger partial charge on any atom is -0.381 e. The van der Waals surface area contributed by atoms with Gasteiger partial charge < -0.3 is 9.30 Å². The van der Waals surface area contributed by atoms with E-state index in [-0.39, 0.29) is 34.3 Å². The van der Waals surface area contributed by atoms with Crippen LogP contribution in [0.2, 0.25) is 0 Å². The number of pyridine rings is 2. The topological polar surface area (TPSA) is 129 Å². The molecule has 1 aromatic carbocycles. The minimum atomic E-state index is -3.86. The Morgan fingerprint density at radius 1 is 1.11 bits per heavy atom. The molecule has 2 fully saturated rings. The number of aromatic nitrogens is 5. The van der Waals surface area contributed by atoms with Gasteiger partial charge in [0.15, 0.2) is 9.84 Å². The average Bonchev–Trinajstić information content (AvgIpc) is 3.65. The average molecular weight is 653 g/mol. The lowest BCUT2D eigenvalue weighted by Crippen LogP contribution is -2.29. The molecule has 0 spiro atoms. The van der Waals surface area contributed by atoms with Crippen LogP contribution in [0.15, 0.2) is 53.8 Å². The predicted molar refractivity (Wildman–Crippen MR) is 169 cm³/mol. The van der Waals surface area contributed by atoms with Crippen LogP contribution < -0.4 is 4.31 Å². The van der Waals surface area contributed by atoms with Gasteiger partial charge in [0.1, 0.15) is 5.82 Å². The normalized spacial score (nSPS) is 18.3. The van der Waals surface area contributed by atoms with Crippen molar-refractivity contribution < 1.29 is 26.0 Å². The molecule has 236 valence electrons. The van der Waals surface area contributed by atoms with Gasteiger partial charge in [-0.05, 0) is 68.0 Å². The maximum atomic E-state index is 15.8. The number of anilines is 1. The van der Waals surface area contributed by atoms with E-state index in [1.165, 1.54) is 28.7 Å². The fraction of sp³-hybridized carbons (Fsp3) is 0.387. The van der Waals surface area contributed by atoms with Crippen molar-refractivity contribution in [2.24, 2.45) is 13.0 Å². The van der Waals surface area contributed by atoms with E-state index in [0.717, 1.165) is 23.1 Å². The second-order valence-corrected chi connectivity index (χ2v) is 15.8. The number of hydrogen-bond acceptors (Lipinski definition) is 8. The van der Waals surface area contributed by atoms with Crippen LogP contribution in [0.4, 0.5) is 10.1 Å². The highest BCUT2D eigenvalue weighted by Gasteiger charge is 2.37. The number of fused-ring (bicyclic) bond motifs is 3. The molecule has 2 aliphatic heterocycles. The molecule has 0 N–H and O–H groups in total. The van der Waals surface area contributed by atoms with Gasteiger partial charge >= 0.3 is 0 Å². The number of sulfone groups is 1. The fourth-order valence-corrected chi connectivity index (χ4v) is 9.43. The number of nitrogens with zero attached hydrogens (tertiary/aromatic N) is 6. The smallest absolute Gasteiger partial charge is 0.235 e. The summed E-state index contributed by atoms with van der Waals surface area (Å²) in [6.45, 7) is 3.11. The Morgan fingerprint density at radius 2 is 1.89 bits per heavy atom. The third-order valence-electron chi connectivity index (χ3n) is 8.94. The van der Waals surface area contributed by atoms with E-state index in [9.17, 15) is 16.8 Å². The van der Waals surface area contributed by atoms with Crippen LogP contribution in [-0.2, 0) is 31.6 Å². The summed E-state index contributed by atoms with van der Waals surface area (Å²) in [5.74, 6) is -0.701. The number of ether oxygens (including phenoxy) is 1. The first-order chi connectivity index (χ1) is 21.5. The molecule has 0 saturated carbocycles. The molecule has 1 unspecified atom stereocenters. The zero-order valence-corrected chi connectivity index (χ0v) is 26.8. The van der Waals surface area contributed by atoms with Gasteiger partial charge in [0, 0.05) is 51.0 Å². The Bertz CT molecular complexity index is 2170. The van der Waals surface area contributed by atoms with Crippen LogP contribution in [0.5, 0.6) is 0 Å². The molecule has 4 aromatic heterocycles. The maximum Gasteiger partial charge on any atom is 0.235 e. The number of halogens is 1. The number of aryl methyl sites for hydroxylation is 2. The van der Waals surface area contributed by atoms with Gasteiger partial charge in [-0.1, -0.05) is 0 Å². The van der Waals surface area contributed by atoms with E-state index in [1.807, 2.05) is 24.6 Å². The molecule has 2 saturated heterocycles. The summed E-state index contributed by atoms with van der Waals surface area (Å²) in [7, 11) is -5.68. The Morgan fingerprint density at radius 3 is 2.53 bits per heavy atom. The minimum absolute atomic E-state index is 0.00232. The second kappa shape index (κ2) is 10.9. The molecule has 2 aliphatic rings. The van der Waals surface area contributed by atoms with Gasteiger partial charge in [-0.25, -0.2) is 21.2 Å². The molecule has 0 amide bonds. The first kappa shape index (κ1) is 29.8. The zero-order valence-electron chi connectivity index (χ0n) is 25.1. The summed E-state index contributed by atoms with van der Waals surface area (Å²) < 4.78 is 79.9. The first-order valence-corrected chi connectivity index (χ1v) is 18.3. The summed E-state index contributed by atoms with van der Waals surface area (Å²) in [6, 6.07) is 7.05.